The summed E-state index contributed by atoms with van der Waals surface area (Å²) in [5.74, 6) is 2.30. The van der Waals surface area contributed by atoms with Gasteiger partial charge in [-0.15, -0.1) is 12.4 Å². The van der Waals surface area contributed by atoms with Gasteiger partial charge in [0.2, 0.25) is 0 Å². The molecular weight excluding hydrogens is 351 g/mol. The van der Waals surface area contributed by atoms with Crippen molar-refractivity contribution in [2.24, 2.45) is 0 Å². The molecule has 0 amide bonds. The average molecular weight is 371 g/mol. The molecule has 1 aliphatic rings. The summed E-state index contributed by atoms with van der Waals surface area (Å²) >= 11 is 6.15. The molecule has 1 aromatic carbocycles. The lowest BCUT2D eigenvalue weighted by molar-refractivity contribution is 0.0475. The summed E-state index contributed by atoms with van der Waals surface area (Å²) in [7, 11) is 1.61. The van der Waals surface area contributed by atoms with Gasteiger partial charge in [-0.1, -0.05) is 23.8 Å². The lowest BCUT2D eigenvalue weighted by Crippen LogP contribution is -2.17. The maximum atomic E-state index is 6.15. The first-order chi connectivity index (χ1) is 11.2. The molecular formula is C17H20Cl2N2O3. The highest BCUT2D eigenvalue weighted by Gasteiger charge is 2.20. The Kier molecular flexibility index (Phi) is 6.97. The van der Waals surface area contributed by atoms with Gasteiger partial charge in [-0.2, -0.15) is 0 Å². The van der Waals surface area contributed by atoms with E-state index in [1.54, 1.807) is 19.4 Å². The number of hydrogen-bond donors (Lipinski definition) is 1. The lowest BCUT2D eigenvalue weighted by Gasteiger charge is -2.14. The van der Waals surface area contributed by atoms with Crippen LogP contribution in [-0.2, 0) is 11.2 Å². The zero-order valence-electron chi connectivity index (χ0n) is 13.3. The maximum absolute atomic E-state index is 6.15. The van der Waals surface area contributed by atoms with Gasteiger partial charge in [-0.3, -0.25) is 0 Å². The fourth-order valence-corrected chi connectivity index (χ4v) is 2.68. The minimum Gasteiger partial charge on any atom is -0.497 e. The summed E-state index contributed by atoms with van der Waals surface area (Å²) in [6.07, 6.45) is 9.37. The van der Waals surface area contributed by atoms with Gasteiger partial charge in [0, 0.05) is 31.3 Å². The number of nitrogens with zero attached hydrogens (tertiary/aromatic N) is 1. The Bertz CT molecular complexity index is 662. The summed E-state index contributed by atoms with van der Waals surface area (Å²) in [6, 6.07) is 5.38. The molecule has 2 atom stereocenters. The van der Waals surface area contributed by atoms with Crippen LogP contribution in [0, 0.1) is 0 Å². The van der Waals surface area contributed by atoms with Gasteiger partial charge in [0.15, 0.2) is 0 Å². The van der Waals surface area contributed by atoms with E-state index < -0.39 is 0 Å². The predicted molar refractivity (Wildman–Crippen MR) is 95.5 cm³/mol. The van der Waals surface area contributed by atoms with Crippen LogP contribution in [0.3, 0.4) is 0 Å². The molecule has 1 aliphatic heterocycles. The molecule has 0 fully saturated rings. The highest BCUT2D eigenvalue weighted by molar-refractivity contribution is 6.32. The van der Waals surface area contributed by atoms with Crippen LogP contribution in [0.4, 0.5) is 0 Å². The molecule has 1 N–H and O–H groups in total. The predicted octanol–water partition coefficient (Wildman–Crippen LogP) is 3.83. The number of benzene rings is 1. The molecule has 24 heavy (non-hydrogen) atoms. The molecule has 0 bridgehead atoms. The summed E-state index contributed by atoms with van der Waals surface area (Å²) in [5.41, 5.74) is 0. The Hall–Kier alpha value is -1.69. The number of H-pyrrole nitrogens is 1. The number of methoxy groups -OCH3 is 1. The van der Waals surface area contributed by atoms with Crippen molar-refractivity contribution in [1.29, 1.82) is 0 Å². The molecule has 0 aliphatic carbocycles. The van der Waals surface area contributed by atoms with E-state index >= 15 is 0 Å². The van der Waals surface area contributed by atoms with E-state index in [1.165, 1.54) is 0 Å². The second kappa shape index (κ2) is 8.97. The topological polar surface area (TPSA) is 56.4 Å². The lowest BCUT2D eigenvalue weighted by atomic mass is 10.2. The smallest absolute Gasteiger partial charge is 0.138 e. The normalized spacial score (nSPS) is 19.1. The molecule has 3 rings (SSSR count). The standard InChI is InChI=1S/C17H19ClN2O3.ClH/c1-21-13-4-5-16(15(18)10-13)22-9-6-12-2-3-14(23-12)11-17-19-7-8-20-17;/h2-5,7-8,10,12,14H,6,9,11H2,1H3,(H,19,20);1H/t12?,14-;/m1./s1. The summed E-state index contributed by atoms with van der Waals surface area (Å²) in [5, 5.41) is 0.544. The van der Waals surface area contributed by atoms with Gasteiger partial charge in [0.1, 0.15) is 17.3 Å². The Morgan fingerprint density at radius 2 is 2.12 bits per heavy atom. The van der Waals surface area contributed by atoms with Crippen LogP contribution in [0.25, 0.3) is 0 Å². The van der Waals surface area contributed by atoms with Crippen molar-refractivity contribution in [3.63, 3.8) is 0 Å². The maximum Gasteiger partial charge on any atom is 0.138 e. The van der Waals surface area contributed by atoms with Gasteiger partial charge < -0.3 is 19.2 Å². The van der Waals surface area contributed by atoms with Gasteiger partial charge in [0.25, 0.3) is 0 Å². The Labute approximate surface area is 152 Å². The van der Waals surface area contributed by atoms with Crippen molar-refractivity contribution in [3.05, 3.63) is 53.6 Å². The molecule has 2 aromatic rings. The number of aromatic nitrogens is 2. The zero-order valence-corrected chi connectivity index (χ0v) is 14.8. The van der Waals surface area contributed by atoms with Gasteiger partial charge in [-0.25, -0.2) is 4.98 Å². The van der Waals surface area contributed by atoms with E-state index in [4.69, 9.17) is 25.8 Å². The summed E-state index contributed by atoms with van der Waals surface area (Å²) < 4.78 is 16.8. The minimum atomic E-state index is 0. The van der Waals surface area contributed by atoms with Crippen molar-refractivity contribution in [1.82, 2.24) is 9.97 Å². The molecule has 7 heteroatoms. The van der Waals surface area contributed by atoms with Gasteiger partial charge in [0.05, 0.1) is 30.9 Å². The van der Waals surface area contributed by atoms with E-state index in [0.717, 1.165) is 18.7 Å². The first-order valence-corrected chi connectivity index (χ1v) is 7.91. The molecule has 0 saturated carbocycles. The van der Waals surface area contributed by atoms with Crippen molar-refractivity contribution in [2.45, 2.75) is 25.0 Å². The fraction of sp³-hybridized carbons (Fsp3) is 0.353. The zero-order chi connectivity index (χ0) is 16.1. The molecule has 5 nitrogen and oxygen atoms in total. The Morgan fingerprint density at radius 1 is 1.29 bits per heavy atom. The molecule has 0 radical (unpaired) electrons. The summed E-state index contributed by atoms with van der Waals surface area (Å²) in [4.78, 5) is 7.30. The monoisotopic (exact) mass is 370 g/mol. The molecule has 2 heterocycles. The largest absolute Gasteiger partial charge is 0.497 e. The molecule has 1 aromatic heterocycles. The van der Waals surface area contributed by atoms with E-state index in [0.29, 0.717) is 23.1 Å². The van der Waals surface area contributed by atoms with Crippen LogP contribution in [0.1, 0.15) is 12.2 Å². The minimum absolute atomic E-state index is 0. The fourth-order valence-electron chi connectivity index (χ4n) is 2.45. The van der Waals surface area contributed by atoms with Crippen LogP contribution < -0.4 is 9.47 Å². The second-order valence-electron chi connectivity index (χ2n) is 5.27. The number of nitrogens with one attached hydrogen (secondary N) is 1. The van der Waals surface area contributed by atoms with Crippen LogP contribution >= 0.6 is 24.0 Å². The van der Waals surface area contributed by atoms with Crippen LogP contribution in [0.5, 0.6) is 11.5 Å². The molecule has 130 valence electrons. The van der Waals surface area contributed by atoms with Crippen molar-refractivity contribution in [3.8, 4) is 11.5 Å². The number of aromatic amines is 1. The molecule has 0 spiro atoms. The van der Waals surface area contributed by atoms with E-state index in [1.807, 2.05) is 18.3 Å². The van der Waals surface area contributed by atoms with Gasteiger partial charge in [-0.05, 0) is 12.1 Å². The Morgan fingerprint density at radius 3 is 2.83 bits per heavy atom. The highest BCUT2D eigenvalue weighted by atomic mass is 35.5. The molecule has 0 saturated heterocycles. The van der Waals surface area contributed by atoms with Crippen molar-refractivity contribution < 1.29 is 14.2 Å². The number of halogens is 2. The number of ether oxygens (including phenoxy) is 3. The average Bonchev–Trinajstić information content (AvgIpc) is 3.21. The number of hydrogen-bond acceptors (Lipinski definition) is 4. The number of imidazole rings is 1. The first-order valence-electron chi connectivity index (χ1n) is 7.53. The first kappa shape index (κ1) is 18.6. The SMILES string of the molecule is COc1ccc(OCCC2C=C[C@H](Cc3ncc[nH]3)O2)c(Cl)c1.Cl. The quantitative estimate of drug-likeness (QED) is 0.752. The third-order valence-corrected chi connectivity index (χ3v) is 3.93. The van der Waals surface area contributed by atoms with Gasteiger partial charge >= 0.3 is 0 Å². The van der Waals surface area contributed by atoms with E-state index in [2.05, 4.69) is 22.1 Å². The van der Waals surface area contributed by atoms with E-state index in [9.17, 15) is 0 Å². The van der Waals surface area contributed by atoms with Crippen LogP contribution in [0.2, 0.25) is 5.02 Å². The van der Waals surface area contributed by atoms with E-state index in [-0.39, 0.29) is 24.6 Å². The van der Waals surface area contributed by atoms with Crippen LogP contribution in [0.15, 0.2) is 42.7 Å². The summed E-state index contributed by atoms with van der Waals surface area (Å²) in [6.45, 7) is 0.536. The third-order valence-electron chi connectivity index (χ3n) is 3.64. The number of rotatable bonds is 7. The third kappa shape index (κ3) is 4.90. The molecule has 1 unspecified atom stereocenters. The van der Waals surface area contributed by atoms with Crippen LogP contribution in [-0.4, -0.2) is 35.9 Å². The van der Waals surface area contributed by atoms with Crippen molar-refractivity contribution in [2.75, 3.05) is 13.7 Å². The second-order valence-corrected chi connectivity index (χ2v) is 5.68. The van der Waals surface area contributed by atoms with Crippen molar-refractivity contribution >= 4 is 24.0 Å². The Balaban J connectivity index is 0.00000208. The highest BCUT2D eigenvalue weighted by Crippen LogP contribution is 2.29.